The molecular formula is C26H23N5O5. The number of nitrogens with zero attached hydrogens (tertiary/aromatic N) is 4. The minimum atomic E-state index is -0.463. The Kier molecular flexibility index (Phi) is 7.66. The Morgan fingerprint density at radius 2 is 1.97 bits per heavy atom. The summed E-state index contributed by atoms with van der Waals surface area (Å²) in [6, 6.07) is 20.4. The molecule has 0 unspecified atom stereocenters. The summed E-state index contributed by atoms with van der Waals surface area (Å²) in [4.78, 5) is 22.8. The molecule has 182 valence electrons. The van der Waals surface area contributed by atoms with Gasteiger partial charge in [0.15, 0.2) is 0 Å². The third kappa shape index (κ3) is 6.32. The molecule has 10 heteroatoms. The van der Waals surface area contributed by atoms with Crippen LogP contribution in [0.4, 0.5) is 5.69 Å². The van der Waals surface area contributed by atoms with Gasteiger partial charge >= 0.3 is 0 Å². The predicted molar refractivity (Wildman–Crippen MR) is 133 cm³/mol. The van der Waals surface area contributed by atoms with E-state index in [4.69, 9.17) is 9.47 Å². The number of benzene rings is 3. The number of nitrogens with one attached hydrogen (secondary N) is 1. The molecule has 0 spiro atoms. The van der Waals surface area contributed by atoms with E-state index in [1.807, 2.05) is 36.5 Å². The van der Waals surface area contributed by atoms with Crippen LogP contribution in [0.5, 0.6) is 11.5 Å². The SMILES string of the molecule is COc1cc(/C=N\NC(=O)c2cccc(Cn3cccn3)c2)ccc1COc1ccc([N+](=O)[O-])cc1. The second-order valence-electron chi connectivity index (χ2n) is 7.71. The minimum Gasteiger partial charge on any atom is -0.496 e. The standard InChI is InChI=1S/C26H23N5O5/c1-35-25-15-19(6-7-22(25)18-36-24-10-8-23(9-11-24)31(33)34)16-27-29-26(32)21-5-2-4-20(14-21)17-30-13-3-12-28-30/h2-16H,17-18H2,1H3,(H,29,32)/b27-16-. The molecule has 0 atom stereocenters. The predicted octanol–water partition coefficient (Wildman–Crippen LogP) is 4.19. The number of hydrogen-bond donors (Lipinski definition) is 1. The number of hydrazone groups is 1. The van der Waals surface area contributed by atoms with Crippen molar-refractivity contribution in [2.75, 3.05) is 7.11 Å². The van der Waals surface area contributed by atoms with Gasteiger partial charge in [-0.3, -0.25) is 19.6 Å². The molecule has 0 bridgehead atoms. The van der Waals surface area contributed by atoms with Gasteiger partial charge in [0.05, 0.1) is 24.8 Å². The third-order valence-electron chi connectivity index (χ3n) is 5.23. The molecule has 0 saturated carbocycles. The number of non-ortho nitro benzene ring substituents is 1. The van der Waals surface area contributed by atoms with Crippen molar-refractivity contribution in [3.8, 4) is 11.5 Å². The van der Waals surface area contributed by atoms with Crippen molar-refractivity contribution < 1.29 is 19.2 Å². The van der Waals surface area contributed by atoms with Gasteiger partial charge in [-0.1, -0.05) is 24.3 Å². The number of hydrogen-bond acceptors (Lipinski definition) is 7. The Bertz CT molecular complexity index is 1370. The van der Waals surface area contributed by atoms with Crippen molar-refractivity contribution >= 4 is 17.8 Å². The lowest BCUT2D eigenvalue weighted by molar-refractivity contribution is -0.384. The summed E-state index contributed by atoms with van der Waals surface area (Å²) in [5, 5.41) is 19.0. The number of carbonyl (C=O) groups is 1. The molecule has 0 aliphatic heterocycles. The monoisotopic (exact) mass is 485 g/mol. The molecule has 1 aromatic heterocycles. The summed E-state index contributed by atoms with van der Waals surface area (Å²) in [7, 11) is 1.55. The molecule has 1 amide bonds. The largest absolute Gasteiger partial charge is 0.496 e. The molecule has 0 radical (unpaired) electrons. The first-order chi connectivity index (χ1) is 17.5. The Balaban J connectivity index is 1.35. The van der Waals surface area contributed by atoms with Crippen LogP contribution in [-0.2, 0) is 13.2 Å². The fraction of sp³-hybridized carbons (Fsp3) is 0.115. The molecule has 1 heterocycles. The van der Waals surface area contributed by atoms with Crippen LogP contribution in [0.3, 0.4) is 0 Å². The number of rotatable bonds is 10. The van der Waals surface area contributed by atoms with Crippen molar-refractivity contribution in [2.45, 2.75) is 13.2 Å². The molecule has 4 aromatic rings. The topological polar surface area (TPSA) is 121 Å². The fourth-order valence-electron chi connectivity index (χ4n) is 3.41. The maximum absolute atomic E-state index is 12.5. The minimum absolute atomic E-state index is 0.00222. The first kappa shape index (κ1) is 24.1. The van der Waals surface area contributed by atoms with Gasteiger partial charge in [0.1, 0.15) is 18.1 Å². The lowest BCUT2D eigenvalue weighted by atomic mass is 10.1. The van der Waals surface area contributed by atoms with E-state index in [2.05, 4.69) is 15.6 Å². The number of carbonyl (C=O) groups excluding carboxylic acids is 1. The van der Waals surface area contributed by atoms with Gasteiger partial charge in [-0.25, -0.2) is 5.43 Å². The second-order valence-corrected chi connectivity index (χ2v) is 7.71. The van der Waals surface area contributed by atoms with E-state index in [-0.39, 0.29) is 18.2 Å². The Morgan fingerprint density at radius 3 is 2.69 bits per heavy atom. The summed E-state index contributed by atoms with van der Waals surface area (Å²) in [6.07, 6.45) is 5.09. The zero-order chi connectivity index (χ0) is 25.3. The smallest absolute Gasteiger partial charge is 0.271 e. The van der Waals surface area contributed by atoms with Crippen molar-refractivity contribution in [1.29, 1.82) is 0 Å². The molecule has 36 heavy (non-hydrogen) atoms. The first-order valence-corrected chi connectivity index (χ1v) is 11.0. The number of nitro benzene ring substituents is 1. The zero-order valence-electron chi connectivity index (χ0n) is 19.4. The van der Waals surface area contributed by atoms with E-state index in [0.717, 1.165) is 16.7 Å². The molecule has 4 rings (SSSR count). The van der Waals surface area contributed by atoms with Crippen LogP contribution < -0.4 is 14.9 Å². The lowest BCUT2D eigenvalue weighted by Crippen LogP contribution is -2.18. The molecule has 3 aromatic carbocycles. The van der Waals surface area contributed by atoms with E-state index in [1.165, 1.54) is 18.3 Å². The highest BCUT2D eigenvalue weighted by Crippen LogP contribution is 2.23. The van der Waals surface area contributed by atoms with Crippen LogP contribution in [0.15, 0.2) is 90.3 Å². The molecule has 10 nitrogen and oxygen atoms in total. The molecule has 0 aliphatic rings. The van der Waals surface area contributed by atoms with Crippen LogP contribution in [0.1, 0.15) is 27.0 Å². The average Bonchev–Trinajstić information content (AvgIpc) is 3.41. The molecule has 1 N–H and O–H groups in total. The summed E-state index contributed by atoms with van der Waals surface area (Å²) < 4.78 is 12.9. The number of amides is 1. The van der Waals surface area contributed by atoms with E-state index in [9.17, 15) is 14.9 Å². The average molecular weight is 486 g/mol. The van der Waals surface area contributed by atoms with Gasteiger partial charge in [0.2, 0.25) is 0 Å². The van der Waals surface area contributed by atoms with Crippen LogP contribution in [-0.4, -0.2) is 33.9 Å². The van der Waals surface area contributed by atoms with Gasteiger partial charge < -0.3 is 9.47 Å². The van der Waals surface area contributed by atoms with Gasteiger partial charge in [0, 0.05) is 35.7 Å². The summed E-state index contributed by atoms with van der Waals surface area (Å²) in [5.41, 5.74) is 5.49. The van der Waals surface area contributed by atoms with Gasteiger partial charge in [-0.05, 0) is 47.5 Å². The van der Waals surface area contributed by atoms with Gasteiger partial charge in [-0.15, -0.1) is 0 Å². The van der Waals surface area contributed by atoms with E-state index in [0.29, 0.717) is 23.6 Å². The fourth-order valence-corrected chi connectivity index (χ4v) is 3.41. The number of ether oxygens (including phenoxy) is 2. The highest BCUT2D eigenvalue weighted by Gasteiger charge is 2.09. The number of aromatic nitrogens is 2. The van der Waals surface area contributed by atoms with Gasteiger partial charge in [-0.2, -0.15) is 10.2 Å². The van der Waals surface area contributed by atoms with Crippen molar-refractivity contribution in [1.82, 2.24) is 15.2 Å². The quantitative estimate of drug-likeness (QED) is 0.204. The third-order valence-corrected chi connectivity index (χ3v) is 5.23. The van der Waals surface area contributed by atoms with Crippen molar-refractivity contribution in [2.24, 2.45) is 5.10 Å². The maximum Gasteiger partial charge on any atom is 0.271 e. The lowest BCUT2D eigenvalue weighted by Gasteiger charge is -2.11. The number of nitro groups is 1. The van der Waals surface area contributed by atoms with E-state index >= 15 is 0 Å². The van der Waals surface area contributed by atoms with E-state index in [1.54, 1.807) is 48.3 Å². The molecule has 0 fully saturated rings. The Labute approximate surface area is 206 Å². The van der Waals surface area contributed by atoms with Gasteiger partial charge in [0.25, 0.3) is 11.6 Å². The first-order valence-electron chi connectivity index (χ1n) is 11.0. The summed E-state index contributed by atoms with van der Waals surface area (Å²) in [5.74, 6) is 0.761. The van der Waals surface area contributed by atoms with E-state index < -0.39 is 4.92 Å². The maximum atomic E-state index is 12.5. The summed E-state index contributed by atoms with van der Waals surface area (Å²) in [6.45, 7) is 0.779. The van der Waals surface area contributed by atoms with Crippen molar-refractivity contribution in [3.63, 3.8) is 0 Å². The summed E-state index contributed by atoms with van der Waals surface area (Å²) >= 11 is 0. The Hall–Kier alpha value is -4.99. The van der Waals surface area contributed by atoms with Crippen LogP contribution in [0.25, 0.3) is 0 Å². The van der Waals surface area contributed by atoms with Crippen molar-refractivity contribution in [3.05, 3.63) is 118 Å². The molecule has 0 aliphatic carbocycles. The van der Waals surface area contributed by atoms with Crippen LogP contribution in [0, 0.1) is 10.1 Å². The highest BCUT2D eigenvalue weighted by atomic mass is 16.6. The molecule has 0 saturated heterocycles. The second kappa shape index (κ2) is 11.4. The normalized spacial score (nSPS) is 10.8. The highest BCUT2D eigenvalue weighted by molar-refractivity contribution is 5.95. The molecular weight excluding hydrogens is 462 g/mol. The number of methoxy groups -OCH3 is 1. The van der Waals surface area contributed by atoms with Crippen LogP contribution >= 0.6 is 0 Å². The Morgan fingerprint density at radius 1 is 1.14 bits per heavy atom. The zero-order valence-corrected chi connectivity index (χ0v) is 19.4. The van der Waals surface area contributed by atoms with Crippen LogP contribution in [0.2, 0.25) is 0 Å².